The largest absolute Gasteiger partial charge is 0.504 e. The number of carboxylic acids is 1. The third kappa shape index (κ3) is 5.43. The highest BCUT2D eigenvalue weighted by molar-refractivity contribution is 5.77. The van der Waals surface area contributed by atoms with Gasteiger partial charge in [-0.15, -0.1) is 0 Å². The van der Waals surface area contributed by atoms with Crippen LogP contribution in [-0.4, -0.2) is 33.4 Å². The number of carbonyl (C=O) groups excluding carboxylic acids is 1. The Morgan fingerprint density at radius 1 is 0.897 bits per heavy atom. The summed E-state index contributed by atoms with van der Waals surface area (Å²) in [5.41, 5.74) is 0.784. The van der Waals surface area contributed by atoms with Crippen molar-refractivity contribution in [2.24, 2.45) is 5.41 Å². The smallest absolute Gasteiger partial charge is 0.309 e. The van der Waals surface area contributed by atoms with Crippen molar-refractivity contribution in [2.75, 3.05) is 0 Å². The van der Waals surface area contributed by atoms with Gasteiger partial charge >= 0.3 is 5.97 Å². The fourth-order valence-corrected chi connectivity index (χ4v) is 4.17. The van der Waals surface area contributed by atoms with Crippen molar-refractivity contribution in [1.29, 1.82) is 0 Å². The molecule has 6 heteroatoms. The Morgan fingerprint density at radius 2 is 1.45 bits per heavy atom. The lowest BCUT2D eigenvalue weighted by Crippen LogP contribution is -2.14. The molecule has 1 aromatic rings. The molecule has 0 saturated heterocycles. The zero-order valence-electron chi connectivity index (χ0n) is 17.0. The van der Waals surface area contributed by atoms with Crippen LogP contribution in [0.1, 0.15) is 81.8 Å². The maximum atomic E-state index is 11.2. The highest BCUT2D eigenvalue weighted by Crippen LogP contribution is 2.50. The summed E-state index contributed by atoms with van der Waals surface area (Å²) < 4.78 is 5.14. The van der Waals surface area contributed by atoms with E-state index >= 15 is 0 Å². The summed E-state index contributed by atoms with van der Waals surface area (Å²) in [6.07, 6.45) is 10.8. The number of ether oxygens (including phenoxy) is 1. The summed E-state index contributed by atoms with van der Waals surface area (Å²) >= 11 is 0. The second-order valence-electron chi connectivity index (χ2n) is 8.83. The Bertz CT molecular complexity index is 733. The van der Waals surface area contributed by atoms with E-state index in [0.29, 0.717) is 19.3 Å². The van der Waals surface area contributed by atoms with E-state index < -0.39 is 11.4 Å². The molecule has 0 spiro atoms. The van der Waals surface area contributed by atoms with Crippen molar-refractivity contribution in [3.05, 3.63) is 23.3 Å². The van der Waals surface area contributed by atoms with Crippen LogP contribution in [0.15, 0.2) is 12.1 Å². The molecule has 0 radical (unpaired) electrons. The van der Waals surface area contributed by atoms with E-state index in [-0.39, 0.29) is 17.1 Å². The molecular weight excluding hydrogens is 372 g/mol. The molecule has 2 fully saturated rings. The molecule has 160 valence electrons. The molecule has 3 rings (SSSR count). The Kier molecular flexibility index (Phi) is 6.70. The van der Waals surface area contributed by atoms with E-state index in [0.717, 1.165) is 81.8 Å². The molecule has 6 nitrogen and oxygen atoms in total. The minimum absolute atomic E-state index is 0.0319. The fraction of sp³-hybridized carbons (Fsp3) is 0.652. The molecule has 0 amide bonds. The number of phenolic OH excluding ortho intramolecular Hbond substituents is 2. The molecule has 0 aromatic heterocycles. The van der Waals surface area contributed by atoms with Crippen molar-refractivity contribution in [3.8, 4) is 11.5 Å². The van der Waals surface area contributed by atoms with Crippen molar-refractivity contribution in [1.82, 2.24) is 0 Å². The SMILES string of the molecule is O=COC1(CCCCc2ccc(CCCCCC3(C(=O)O)CC3)c(O)c2O)CC1. The van der Waals surface area contributed by atoms with E-state index in [1.54, 1.807) is 0 Å². The van der Waals surface area contributed by atoms with Crippen LogP contribution in [0.5, 0.6) is 11.5 Å². The second-order valence-corrected chi connectivity index (χ2v) is 8.83. The molecule has 2 aliphatic rings. The second kappa shape index (κ2) is 9.06. The fourth-order valence-electron chi connectivity index (χ4n) is 4.17. The molecular formula is C23H32O6. The topological polar surface area (TPSA) is 104 Å². The van der Waals surface area contributed by atoms with Crippen LogP contribution in [0.3, 0.4) is 0 Å². The van der Waals surface area contributed by atoms with Gasteiger partial charge in [0.25, 0.3) is 6.47 Å². The van der Waals surface area contributed by atoms with E-state index in [4.69, 9.17) is 4.74 Å². The standard InChI is InChI=1S/C23H32O6/c24-16-29-23(14-15-23)11-5-3-7-18-9-8-17(19(25)20(18)26)6-2-1-4-10-22(12-13-22)21(27)28/h8-9,16,25-26H,1-7,10-15H2,(H,27,28). The molecule has 0 atom stereocenters. The molecule has 0 heterocycles. The lowest BCUT2D eigenvalue weighted by molar-refractivity contribution is -0.143. The number of phenols is 2. The van der Waals surface area contributed by atoms with Crippen LogP contribution in [-0.2, 0) is 27.2 Å². The van der Waals surface area contributed by atoms with Gasteiger partial charge in [-0.05, 0) is 81.8 Å². The van der Waals surface area contributed by atoms with Crippen LogP contribution < -0.4 is 0 Å². The van der Waals surface area contributed by atoms with Gasteiger partial charge in [0.1, 0.15) is 5.60 Å². The molecule has 1 aromatic carbocycles. The predicted octanol–water partition coefficient (Wildman–Crippen LogP) is 4.48. The van der Waals surface area contributed by atoms with Crippen LogP contribution in [0.2, 0.25) is 0 Å². The van der Waals surface area contributed by atoms with Gasteiger partial charge in [-0.3, -0.25) is 9.59 Å². The number of aliphatic carboxylic acids is 1. The Hall–Kier alpha value is -2.24. The zero-order chi connectivity index (χ0) is 20.9. The first kappa shape index (κ1) is 21.5. The first-order chi connectivity index (χ1) is 13.9. The summed E-state index contributed by atoms with van der Waals surface area (Å²) in [7, 11) is 0. The lowest BCUT2D eigenvalue weighted by atomic mass is 9.96. The molecule has 0 bridgehead atoms. The van der Waals surface area contributed by atoms with E-state index in [1.165, 1.54) is 0 Å². The quantitative estimate of drug-likeness (QED) is 0.240. The third-order valence-corrected chi connectivity index (χ3v) is 6.66. The highest BCUT2D eigenvalue weighted by Gasteiger charge is 2.49. The van der Waals surface area contributed by atoms with Crippen molar-refractivity contribution < 1.29 is 29.6 Å². The maximum absolute atomic E-state index is 11.2. The van der Waals surface area contributed by atoms with Crippen LogP contribution >= 0.6 is 0 Å². The summed E-state index contributed by atoms with van der Waals surface area (Å²) in [4.78, 5) is 21.7. The van der Waals surface area contributed by atoms with Gasteiger partial charge in [0.2, 0.25) is 0 Å². The number of hydrogen-bond acceptors (Lipinski definition) is 5. The lowest BCUT2D eigenvalue weighted by Gasteiger charge is -2.14. The number of benzene rings is 1. The number of unbranched alkanes of at least 4 members (excludes halogenated alkanes) is 3. The number of hydrogen-bond donors (Lipinski definition) is 3. The van der Waals surface area contributed by atoms with Gasteiger partial charge in [0.15, 0.2) is 11.5 Å². The molecule has 0 aliphatic heterocycles. The van der Waals surface area contributed by atoms with Crippen molar-refractivity contribution in [2.45, 2.75) is 89.1 Å². The summed E-state index contributed by atoms with van der Waals surface area (Å²) in [6, 6.07) is 3.75. The maximum Gasteiger partial charge on any atom is 0.309 e. The van der Waals surface area contributed by atoms with Crippen LogP contribution in [0, 0.1) is 5.41 Å². The van der Waals surface area contributed by atoms with Crippen molar-refractivity contribution in [3.63, 3.8) is 0 Å². The van der Waals surface area contributed by atoms with Crippen LogP contribution in [0.25, 0.3) is 0 Å². The molecule has 29 heavy (non-hydrogen) atoms. The first-order valence-corrected chi connectivity index (χ1v) is 10.8. The van der Waals surface area contributed by atoms with Gasteiger partial charge in [0.05, 0.1) is 5.41 Å². The minimum Gasteiger partial charge on any atom is -0.504 e. The number of carboxylic acid groups (broad SMARTS) is 1. The average Bonchev–Trinajstić information content (AvgIpc) is 3.61. The number of aromatic hydroxyl groups is 2. The summed E-state index contributed by atoms with van der Waals surface area (Å²) in [5.74, 6) is -0.732. The third-order valence-electron chi connectivity index (χ3n) is 6.66. The number of rotatable bonds is 14. The Labute approximate surface area is 171 Å². The van der Waals surface area contributed by atoms with Gasteiger partial charge in [-0.25, -0.2) is 0 Å². The Morgan fingerprint density at radius 3 is 1.93 bits per heavy atom. The van der Waals surface area contributed by atoms with Gasteiger partial charge in [0, 0.05) is 0 Å². The molecule has 0 unspecified atom stereocenters. The predicted molar refractivity (Wildman–Crippen MR) is 108 cm³/mol. The van der Waals surface area contributed by atoms with Crippen LogP contribution in [0.4, 0.5) is 0 Å². The van der Waals surface area contributed by atoms with E-state index in [2.05, 4.69) is 0 Å². The minimum atomic E-state index is -0.667. The van der Waals surface area contributed by atoms with Gasteiger partial charge in [-0.2, -0.15) is 0 Å². The Balaban J connectivity index is 1.38. The summed E-state index contributed by atoms with van der Waals surface area (Å²) in [6.45, 7) is 0.533. The monoisotopic (exact) mass is 404 g/mol. The first-order valence-electron chi connectivity index (χ1n) is 10.8. The number of carbonyl (C=O) groups is 2. The van der Waals surface area contributed by atoms with Gasteiger partial charge in [-0.1, -0.05) is 25.0 Å². The van der Waals surface area contributed by atoms with E-state index in [9.17, 15) is 24.9 Å². The normalized spacial score (nSPS) is 18.2. The molecule has 3 N–H and O–H groups in total. The summed E-state index contributed by atoms with van der Waals surface area (Å²) in [5, 5.41) is 29.8. The van der Waals surface area contributed by atoms with Crippen molar-refractivity contribution >= 4 is 12.4 Å². The molecule has 2 aliphatic carbocycles. The zero-order valence-corrected chi connectivity index (χ0v) is 17.0. The highest BCUT2D eigenvalue weighted by atomic mass is 16.5. The molecule has 2 saturated carbocycles. The number of aryl methyl sites for hydroxylation is 2. The van der Waals surface area contributed by atoms with E-state index in [1.807, 2.05) is 12.1 Å². The van der Waals surface area contributed by atoms with Gasteiger partial charge < -0.3 is 20.1 Å². The average molecular weight is 405 g/mol.